The summed E-state index contributed by atoms with van der Waals surface area (Å²) in [5.74, 6) is 0.0457. The number of carbonyl (C=O) groups is 2. The first-order valence-electron chi connectivity index (χ1n) is 9.93. The van der Waals surface area contributed by atoms with Gasteiger partial charge in [0.1, 0.15) is 0 Å². The van der Waals surface area contributed by atoms with Crippen LogP contribution < -0.4 is 5.32 Å². The molecule has 8 nitrogen and oxygen atoms in total. The van der Waals surface area contributed by atoms with Crippen molar-refractivity contribution in [3.05, 3.63) is 30.3 Å². The maximum absolute atomic E-state index is 12.9. The van der Waals surface area contributed by atoms with Gasteiger partial charge in [-0.2, -0.15) is 4.31 Å². The summed E-state index contributed by atoms with van der Waals surface area (Å²) >= 11 is 0. The molecule has 2 heterocycles. The van der Waals surface area contributed by atoms with E-state index in [4.69, 9.17) is 0 Å². The van der Waals surface area contributed by atoms with Gasteiger partial charge in [0.25, 0.3) is 0 Å². The number of para-hydroxylation sites is 1. The summed E-state index contributed by atoms with van der Waals surface area (Å²) < 4.78 is 27.3. The summed E-state index contributed by atoms with van der Waals surface area (Å²) in [6.07, 6.45) is 0.242. The van der Waals surface area contributed by atoms with Gasteiger partial charge in [-0.15, -0.1) is 0 Å². The van der Waals surface area contributed by atoms with Gasteiger partial charge >= 0.3 is 6.03 Å². The number of carbonyl (C=O) groups excluding carboxylic acids is 2. The highest BCUT2D eigenvalue weighted by atomic mass is 32.2. The minimum Gasteiger partial charge on any atom is -0.345 e. The van der Waals surface area contributed by atoms with Crippen LogP contribution in [0.3, 0.4) is 0 Å². The van der Waals surface area contributed by atoms with Crippen LogP contribution >= 0.6 is 0 Å². The molecule has 2 saturated heterocycles. The average Bonchev–Trinajstić information content (AvgIpc) is 2.78. The molecular formula is C20H30N4O4S. The molecule has 29 heavy (non-hydrogen) atoms. The van der Waals surface area contributed by atoms with Gasteiger partial charge in [-0.1, -0.05) is 32.0 Å². The van der Waals surface area contributed by atoms with Gasteiger partial charge in [0.2, 0.25) is 15.9 Å². The number of anilines is 1. The van der Waals surface area contributed by atoms with Crippen LogP contribution in [0.15, 0.2) is 30.3 Å². The second kappa shape index (κ2) is 8.31. The van der Waals surface area contributed by atoms with Gasteiger partial charge in [0, 0.05) is 57.3 Å². The topological polar surface area (TPSA) is 90.0 Å². The van der Waals surface area contributed by atoms with Crippen LogP contribution in [0.2, 0.25) is 0 Å². The molecule has 1 aromatic rings. The zero-order chi connectivity index (χ0) is 21.2. The molecule has 1 N–H and O–H groups in total. The van der Waals surface area contributed by atoms with E-state index in [1.807, 2.05) is 32.0 Å². The molecule has 0 aliphatic carbocycles. The number of urea groups is 1. The van der Waals surface area contributed by atoms with E-state index in [9.17, 15) is 18.0 Å². The maximum atomic E-state index is 12.9. The Labute approximate surface area is 172 Å². The Morgan fingerprint density at radius 3 is 2.41 bits per heavy atom. The van der Waals surface area contributed by atoms with E-state index in [1.165, 1.54) is 4.31 Å². The molecule has 0 bridgehead atoms. The second-order valence-corrected chi connectivity index (χ2v) is 10.7. The fraction of sp³-hybridized carbons (Fsp3) is 0.600. The normalized spacial score (nSPS) is 23.7. The number of nitrogens with zero attached hydrogens (tertiary/aromatic N) is 3. The van der Waals surface area contributed by atoms with Crippen LogP contribution in [0.25, 0.3) is 0 Å². The molecule has 1 spiro atoms. The maximum Gasteiger partial charge on any atom is 0.321 e. The molecule has 9 heteroatoms. The lowest BCUT2D eigenvalue weighted by molar-refractivity contribution is -0.126. The predicted molar refractivity (Wildman–Crippen MR) is 112 cm³/mol. The first kappa shape index (κ1) is 21.6. The van der Waals surface area contributed by atoms with Crippen molar-refractivity contribution < 1.29 is 18.0 Å². The van der Waals surface area contributed by atoms with Crippen LogP contribution in [-0.2, 0) is 14.8 Å². The zero-order valence-electron chi connectivity index (χ0n) is 17.3. The third-order valence-electron chi connectivity index (χ3n) is 5.43. The fourth-order valence-corrected chi connectivity index (χ4v) is 6.08. The molecule has 1 atom stereocenters. The van der Waals surface area contributed by atoms with Crippen molar-refractivity contribution in [3.63, 3.8) is 0 Å². The lowest BCUT2D eigenvalue weighted by Crippen LogP contribution is -2.46. The van der Waals surface area contributed by atoms with Crippen LogP contribution in [0, 0.1) is 11.3 Å². The number of benzene rings is 1. The van der Waals surface area contributed by atoms with Crippen molar-refractivity contribution >= 4 is 27.6 Å². The van der Waals surface area contributed by atoms with E-state index in [-0.39, 0.29) is 49.7 Å². The van der Waals surface area contributed by atoms with Gasteiger partial charge in [-0.25, -0.2) is 13.2 Å². The molecule has 1 aromatic carbocycles. The Morgan fingerprint density at radius 2 is 1.83 bits per heavy atom. The summed E-state index contributed by atoms with van der Waals surface area (Å²) in [5, 5.41) is 2.87. The summed E-state index contributed by atoms with van der Waals surface area (Å²) in [6, 6.07) is 8.87. The van der Waals surface area contributed by atoms with E-state index in [2.05, 4.69) is 5.32 Å². The monoisotopic (exact) mass is 422 g/mol. The zero-order valence-corrected chi connectivity index (χ0v) is 18.1. The number of nitrogens with one attached hydrogen (secondary N) is 1. The standard InChI is InChI=1S/C20H30N4O4S/c1-16(2)12-29(27,28)24-10-9-23(19(26)21-17-7-5-4-6-8-17)14-20(15-24)11-18(25)22(3)13-20/h4-8,16H,9-15H2,1-3H3,(H,21,26). The summed E-state index contributed by atoms with van der Waals surface area (Å²) in [5.41, 5.74) is 0.0835. The van der Waals surface area contributed by atoms with Gasteiger partial charge in [0.15, 0.2) is 0 Å². The van der Waals surface area contributed by atoms with E-state index < -0.39 is 15.4 Å². The minimum absolute atomic E-state index is 0.00423. The highest BCUT2D eigenvalue weighted by Gasteiger charge is 2.48. The lowest BCUT2D eigenvalue weighted by Gasteiger charge is -2.33. The lowest BCUT2D eigenvalue weighted by atomic mass is 9.86. The van der Waals surface area contributed by atoms with Crippen LogP contribution in [-0.4, -0.2) is 80.0 Å². The fourth-order valence-electron chi connectivity index (χ4n) is 4.20. The molecule has 1 unspecified atom stereocenters. The van der Waals surface area contributed by atoms with Crippen LogP contribution in [0.4, 0.5) is 10.5 Å². The van der Waals surface area contributed by atoms with E-state index in [1.54, 1.807) is 29.0 Å². The molecule has 0 saturated carbocycles. The van der Waals surface area contributed by atoms with Crippen molar-refractivity contribution in [2.75, 3.05) is 50.8 Å². The number of amides is 3. The molecule has 0 aromatic heterocycles. The first-order valence-corrected chi connectivity index (χ1v) is 11.5. The quantitative estimate of drug-likeness (QED) is 0.799. The molecule has 2 aliphatic heterocycles. The Bertz CT molecular complexity index is 858. The molecule has 2 aliphatic rings. The van der Waals surface area contributed by atoms with Crippen molar-refractivity contribution in [1.82, 2.24) is 14.1 Å². The van der Waals surface area contributed by atoms with Crippen molar-refractivity contribution in [2.24, 2.45) is 11.3 Å². The molecule has 2 fully saturated rings. The molecule has 160 valence electrons. The molecule has 3 amide bonds. The number of hydrogen-bond acceptors (Lipinski definition) is 4. The highest BCUT2D eigenvalue weighted by Crippen LogP contribution is 2.35. The number of likely N-dealkylation sites (tertiary alicyclic amines) is 1. The average molecular weight is 423 g/mol. The SMILES string of the molecule is CC(C)CS(=O)(=O)N1CCN(C(=O)Nc2ccccc2)CC2(CC(=O)N(C)C2)C1. The predicted octanol–water partition coefficient (Wildman–Crippen LogP) is 1.67. The van der Waals surface area contributed by atoms with Gasteiger partial charge in [-0.3, -0.25) is 4.79 Å². The summed E-state index contributed by atoms with van der Waals surface area (Å²) in [7, 11) is -1.74. The van der Waals surface area contributed by atoms with Crippen LogP contribution in [0.1, 0.15) is 20.3 Å². The number of rotatable bonds is 4. The van der Waals surface area contributed by atoms with E-state index >= 15 is 0 Å². The van der Waals surface area contributed by atoms with Gasteiger partial charge < -0.3 is 15.1 Å². The Balaban J connectivity index is 1.84. The van der Waals surface area contributed by atoms with Crippen molar-refractivity contribution in [2.45, 2.75) is 20.3 Å². The second-order valence-electron chi connectivity index (χ2n) is 8.65. The highest BCUT2D eigenvalue weighted by molar-refractivity contribution is 7.89. The van der Waals surface area contributed by atoms with Gasteiger partial charge in [0.05, 0.1) is 5.75 Å². The Kier molecular flexibility index (Phi) is 6.19. The van der Waals surface area contributed by atoms with E-state index in [0.29, 0.717) is 18.8 Å². The van der Waals surface area contributed by atoms with Crippen molar-refractivity contribution in [3.8, 4) is 0 Å². The van der Waals surface area contributed by atoms with Crippen molar-refractivity contribution in [1.29, 1.82) is 0 Å². The largest absolute Gasteiger partial charge is 0.345 e. The molecular weight excluding hydrogens is 392 g/mol. The molecule has 3 rings (SSSR count). The number of hydrogen-bond donors (Lipinski definition) is 1. The summed E-state index contributed by atoms with van der Waals surface area (Å²) in [4.78, 5) is 28.5. The summed E-state index contributed by atoms with van der Waals surface area (Å²) in [6.45, 7) is 5.30. The minimum atomic E-state index is -3.47. The third-order valence-corrected chi connectivity index (χ3v) is 7.62. The first-order chi connectivity index (χ1) is 13.6. The van der Waals surface area contributed by atoms with E-state index in [0.717, 1.165) is 0 Å². The number of sulfonamides is 1. The smallest absolute Gasteiger partial charge is 0.321 e. The molecule has 0 radical (unpaired) electrons. The Morgan fingerprint density at radius 1 is 1.14 bits per heavy atom. The third kappa shape index (κ3) is 5.08. The van der Waals surface area contributed by atoms with Crippen LogP contribution in [0.5, 0.6) is 0 Å². The Hall–Kier alpha value is -2.13. The van der Waals surface area contributed by atoms with Gasteiger partial charge in [-0.05, 0) is 18.1 Å².